The van der Waals surface area contributed by atoms with Gasteiger partial charge < -0.3 is 10.6 Å². The van der Waals surface area contributed by atoms with Crippen molar-refractivity contribution in [1.82, 2.24) is 10.6 Å². The van der Waals surface area contributed by atoms with Crippen molar-refractivity contribution in [3.05, 3.63) is 52.4 Å². The fourth-order valence-corrected chi connectivity index (χ4v) is 5.23. The second kappa shape index (κ2) is 9.16. The van der Waals surface area contributed by atoms with Crippen LogP contribution in [-0.2, 0) is 19.4 Å². The van der Waals surface area contributed by atoms with Gasteiger partial charge >= 0.3 is 11.8 Å². The number of rotatable bonds is 7. The van der Waals surface area contributed by atoms with Gasteiger partial charge in [0.2, 0.25) is 0 Å². The minimum Gasteiger partial charge on any atom is -0.348 e. The predicted octanol–water partition coefficient (Wildman–Crippen LogP) is 2.56. The van der Waals surface area contributed by atoms with Crippen LogP contribution in [0.25, 0.3) is 0 Å². The lowest BCUT2D eigenvalue weighted by Gasteiger charge is -2.18. The van der Waals surface area contributed by atoms with E-state index in [4.69, 9.17) is 11.6 Å². The summed E-state index contributed by atoms with van der Waals surface area (Å²) in [6, 6.07) is 9.53. The lowest BCUT2D eigenvalue weighted by Crippen LogP contribution is -2.42. The quantitative estimate of drug-likeness (QED) is 0.681. The first kappa shape index (κ1) is 20.4. The molecule has 9 heteroatoms. The largest absolute Gasteiger partial charge is 0.348 e. The Hall–Kier alpha value is -1.90. The Kier molecular flexibility index (Phi) is 7.19. The summed E-state index contributed by atoms with van der Waals surface area (Å²) in [4.78, 5) is 23.6. The van der Waals surface area contributed by atoms with Gasteiger partial charge in [0.1, 0.15) is 9.46 Å². The normalized spacial score (nSPS) is 12.4. The minimum atomic E-state index is -3.73. The molecule has 2 aromatic rings. The molecule has 1 aromatic carbocycles. The van der Waals surface area contributed by atoms with E-state index >= 15 is 0 Å². The Morgan fingerprint density at radius 2 is 1.77 bits per heavy atom. The van der Waals surface area contributed by atoms with Gasteiger partial charge in [0.25, 0.3) is 0 Å². The summed E-state index contributed by atoms with van der Waals surface area (Å²) in [5.41, 5.74) is 0.483. The molecule has 26 heavy (non-hydrogen) atoms. The molecule has 1 heterocycles. The monoisotopic (exact) mass is 414 g/mol. The molecule has 0 saturated heterocycles. The lowest BCUT2D eigenvalue weighted by molar-refractivity contribution is -0.139. The first-order chi connectivity index (χ1) is 12.4. The molecule has 0 radical (unpaired) electrons. The highest BCUT2D eigenvalue weighted by molar-refractivity contribution is 7.93. The van der Waals surface area contributed by atoms with Crippen molar-refractivity contribution >= 4 is 44.6 Å². The predicted molar refractivity (Wildman–Crippen MR) is 102 cm³/mol. The second-order valence-corrected chi connectivity index (χ2v) is 9.22. The molecule has 0 fully saturated rings. The van der Waals surface area contributed by atoms with Crippen molar-refractivity contribution in [3.8, 4) is 0 Å². The number of benzene rings is 1. The first-order valence-electron chi connectivity index (χ1n) is 7.95. The first-order valence-corrected chi connectivity index (χ1v) is 10.8. The van der Waals surface area contributed by atoms with Crippen LogP contribution in [0.5, 0.6) is 0 Å². The summed E-state index contributed by atoms with van der Waals surface area (Å²) in [5.74, 6) is -1.64. The van der Waals surface area contributed by atoms with Gasteiger partial charge in [-0.15, -0.1) is 11.3 Å². The highest BCUT2D eigenvalue weighted by atomic mass is 35.5. The van der Waals surface area contributed by atoms with Crippen molar-refractivity contribution < 1.29 is 18.0 Å². The number of thiophene rings is 1. The number of sulfone groups is 1. The third-order valence-corrected chi connectivity index (χ3v) is 7.37. The van der Waals surface area contributed by atoms with E-state index in [1.807, 2.05) is 6.92 Å². The highest BCUT2D eigenvalue weighted by Gasteiger charge is 2.31. The van der Waals surface area contributed by atoms with Crippen LogP contribution in [0.1, 0.15) is 24.2 Å². The van der Waals surface area contributed by atoms with Crippen LogP contribution in [0.3, 0.4) is 0 Å². The molecule has 1 aromatic heterocycles. The van der Waals surface area contributed by atoms with E-state index in [0.29, 0.717) is 23.6 Å². The fourth-order valence-electron chi connectivity index (χ4n) is 2.23. The molecule has 0 aliphatic carbocycles. The number of carbonyl (C=O) groups is 2. The third-order valence-electron chi connectivity index (χ3n) is 3.58. The number of hydrogen-bond acceptors (Lipinski definition) is 5. The van der Waals surface area contributed by atoms with Gasteiger partial charge in [-0.05, 0) is 35.6 Å². The maximum Gasteiger partial charge on any atom is 0.309 e. The van der Waals surface area contributed by atoms with Gasteiger partial charge in [0, 0.05) is 18.1 Å². The van der Waals surface area contributed by atoms with Crippen LogP contribution in [0.2, 0.25) is 5.02 Å². The average molecular weight is 415 g/mol. The molecule has 0 unspecified atom stereocenters. The molecule has 0 spiro atoms. The topological polar surface area (TPSA) is 92.3 Å². The smallest absolute Gasteiger partial charge is 0.309 e. The van der Waals surface area contributed by atoms with E-state index in [2.05, 4.69) is 10.6 Å². The summed E-state index contributed by atoms with van der Waals surface area (Å²) < 4.78 is 26.1. The van der Waals surface area contributed by atoms with Crippen molar-refractivity contribution in [2.24, 2.45) is 0 Å². The fraction of sp³-hybridized carbons (Fsp3) is 0.294. The zero-order valence-corrected chi connectivity index (χ0v) is 16.5. The van der Waals surface area contributed by atoms with Crippen molar-refractivity contribution in [1.29, 1.82) is 0 Å². The molecule has 2 N–H and O–H groups in total. The van der Waals surface area contributed by atoms with E-state index in [0.717, 1.165) is 11.3 Å². The number of halogens is 1. The number of carbonyl (C=O) groups excluding carboxylic acids is 2. The highest BCUT2D eigenvalue weighted by Crippen LogP contribution is 2.31. The Balaban J connectivity index is 2.23. The molecule has 0 bridgehead atoms. The van der Waals surface area contributed by atoms with Crippen LogP contribution in [-0.4, -0.2) is 33.3 Å². The molecule has 0 aliphatic heterocycles. The summed E-state index contributed by atoms with van der Waals surface area (Å²) in [5, 5.41) is 5.99. The summed E-state index contributed by atoms with van der Waals surface area (Å²) in [7, 11) is -3.73. The molecule has 140 valence electrons. The summed E-state index contributed by atoms with van der Waals surface area (Å²) >= 11 is 6.98. The van der Waals surface area contributed by atoms with Gasteiger partial charge in [-0.25, -0.2) is 8.42 Å². The zero-order valence-electron chi connectivity index (χ0n) is 14.1. The SMILES string of the molecule is CCCNC(=O)C(=O)NC[C@H](c1ccc(Cl)cc1)S(=O)(=O)c1cccs1. The Morgan fingerprint density at radius 1 is 1.12 bits per heavy atom. The van der Waals surface area contributed by atoms with Gasteiger partial charge in [-0.3, -0.25) is 9.59 Å². The molecular formula is C17H19ClN2O4S2. The van der Waals surface area contributed by atoms with Gasteiger partial charge in [-0.1, -0.05) is 36.7 Å². The van der Waals surface area contributed by atoms with Crippen LogP contribution in [0, 0.1) is 0 Å². The summed E-state index contributed by atoms with van der Waals surface area (Å²) in [6.45, 7) is 2.02. The molecule has 0 aliphatic rings. The minimum absolute atomic E-state index is 0.196. The number of amides is 2. The molecule has 1 atom stereocenters. The van der Waals surface area contributed by atoms with Crippen molar-refractivity contribution in [2.75, 3.05) is 13.1 Å². The Bertz CT molecular complexity index is 849. The van der Waals surface area contributed by atoms with Gasteiger partial charge in [-0.2, -0.15) is 0 Å². The second-order valence-electron chi connectivity index (χ2n) is 5.48. The van der Waals surface area contributed by atoms with E-state index in [1.54, 1.807) is 35.7 Å². The Morgan fingerprint density at radius 3 is 2.35 bits per heavy atom. The van der Waals surface area contributed by atoms with E-state index in [9.17, 15) is 18.0 Å². The van der Waals surface area contributed by atoms with Crippen LogP contribution in [0.15, 0.2) is 46.0 Å². The number of nitrogens with one attached hydrogen (secondary N) is 2. The molecule has 2 rings (SSSR count). The maximum absolute atomic E-state index is 13.0. The van der Waals surface area contributed by atoms with Crippen LogP contribution >= 0.6 is 22.9 Å². The van der Waals surface area contributed by atoms with E-state index in [-0.39, 0.29) is 10.8 Å². The van der Waals surface area contributed by atoms with Gasteiger partial charge in [0.15, 0.2) is 9.84 Å². The standard InChI is InChI=1S/C17H19ClN2O4S2/c1-2-9-19-16(21)17(22)20-11-14(12-5-7-13(18)8-6-12)26(23,24)15-4-3-10-25-15/h3-8,10,14H,2,9,11H2,1H3,(H,19,21)(H,20,22)/t14-/m1/s1. The van der Waals surface area contributed by atoms with Crippen LogP contribution < -0.4 is 10.6 Å². The van der Waals surface area contributed by atoms with Gasteiger partial charge in [0.05, 0.1) is 0 Å². The lowest BCUT2D eigenvalue weighted by atomic mass is 10.1. The van der Waals surface area contributed by atoms with Crippen LogP contribution in [0.4, 0.5) is 0 Å². The summed E-state index contributed by atoms with van der Waals surface area (Å²) in [6.07, 6.45) is 0.694. The van der Waals surface area contributed by atoms with E-state index < -0.39 is 26.9 Å². The molecule has 0 saturated carbocycles. The Labute approximate surface area is 161 Å². The average Bonchev–Trinajstić information content (AvgIpc) is 3.16. The van der Waals surface area contributed by atoms with Crippen molar-refractivity contribution in [2.45, 2.75) is 22.8 Å². The third kappa shape index (κ3) is 5.06. The van der Waals surface area contributed by atoms with Crippen molar-refractivity contribution in [3.63, 3.8) is 0 Å². The number of hydrogen-bond donors (Lipinski definition) is 2. The molecule has 6 nitrogen and oxygen atoms in total. The maximum atomic E-state index is 13.0. The molecular weight excluding hydrogens is 396 g/mol. The van der Waals surface area contributed by atoms with E-state index in [1.165, 1.54) is 6.07 Å². The zero-order chi connectivity index (χ0) is 19.2. The molecule has 2 amide bonds.